The number of aromatic hydroxyl groups is 1. The Kier molecular flexibility index (Phi) is 8.85. The summed E-state index contributed by atoms with van der Waals surface area (Å²) in [7, 11) is 2.58. The molecule has 0 radical (unpaired) electrons. The molecule has 1 fully saturated rings. The van der Waals surface area contributed by atoms with E-state index in [2.05, 4.69) is 5.32 Å². The third kappa shape index (κ3) is 5.96. The fourth-order valence-corrected chi connectivity index (χ4v) is 6.13. The van der Waals surface area contributed by atoms with Crippen LogP contribution in [-0.2, 0) is 36.8 Å². The molecule has 3 aromatic carbocycles. The highest BCUT2D eigenvalue weighted by molar-refractivity contribution is 6.15. The number of rotatable bonds is 7. The van der Waals surface area contributed by atoms with Crippen LogP contribution in [0.1, 0.15) is 52.9 Å². The SMILES string of the molecule is COC(=O)C1CCc2cc3c([C@H]4C[C@H](NC(=O)C(F)(F)F)[C@H](OCc5ccccc5)[C@@H](C)O4)ccc(OC)c3c(O)c2C1=O. The number of ketones is 1. The second kappa shape index (κ2) is 12.4. The van der Waals surface area contributed by atoms with E-state index in [1.807, 2.05) is 30.3 Å². The zero-order chi connectivity index (χ0) is 31.8. The number of phenolic OH excluding ortho intramolecular Hbond substituents is 1. The van der Waals surface area contributed by atoms with Gasteiger partial charge >= 0.3 is 18.1 Å². The summed E-state index contributed by atoms with van der Waals surface area (Å²) in [5.74, 6) is -4.54. The van der Waals surface area contributed by atoms with Gasteiger partial charge in [-0.05, 0) is 54.0 Å². The first-order chi connectivity index (χ1) is 20.9. The molecule has 234 valence electrons. The van der Waals surface area contributed by atoms with Crippen LogP contribution in [0.15, 0.2) is 48.5 Å². The molecule has 44 heavy (non-hydrogen) atoms. The Labute approximate surface area is 251 Å². The van der Waals surface area contributed by atoms with Gasteiger partial charge in [-0.3, -0.25) is 14.4 Å². The number of carbonyl (C=O) groups excluding carboxylic acids is 3. The molecule has 0 saturated carbocycles. The Morgan fingerprint density at radius 1 is 1.11 bits per heavy atom. The number of phenols is 1. The van der Waals surface area contributed by atoms with Crippen LogP contribution in [0.3, 0.4) is 0 Å². The molecule has 9 nitrogen and oxygen atoms in total. The van der Waals surface area contributed by atoms with Crippen LogP contribution in [0.5, 0.6) is 11.5 Å². The molecule has 0 bridgehead atoms. The first-order valence-electron chi connectivity index (χ1n) is 14.1. The molecule has 2 aliphatic rings. The van der Waals surface area contributed by atoms with Crippen molar-refractivity contribution in [3.05, 3.63) is 70.8 Å². The predicted octanol–water partition coefficient (Wildman–Crippen LogP) is 4.95. The first-order valence-corrected chi connectivity index (χ1v) is 14.1. The summed E-state index contributed by atoms with van der Waals surface area (Å²) in [6.45, 7) is 1.75. The van der Waals surface area contributed by atoms with Crippen molar-refractivity contribution in [1.82, 2.24) is 5.32 Å². The highest BCUT2D eigenvalue weighted by Crippen LogP contribution is 2.46. The molecular weight excluding hydrogens is 583 g/mol. The van der Waals surface area contributed by atoms with E-state index in [-0.39, 0.29) is 41.9 Å². The van der Waals surface area contributed by atoms with Crippen molar-refractivity contribution in [2.75, 3.05) is 14.2 Å². The van der Waals surface area contributed by atoms with Crippen LogP contribution in [0.4, 0.5) is 13.2 Å². The zero-order valence-electron chi connectivity index (χ0n) is 24.3. The second-order valence-electron chi connectivity index (χ2n) is 10.9. The number of ether oxygens (including phenoxy) is 4. The maximum atomic E-state index is 13.3. The number of nitrogens with one attached hydrogen (secondary N) is 1. The fourth-order valence-electron chi connectivity index (χ4n) is 6.13. The smallest absolute Gasteiger partial charge is 0.471 e. The zero-order valence-corrected chi connectivity index (χ0v) is 24.3. The average Bonchev–Trinajstić information content (AvgIpc) is 2.99. The van der Waals surface area contributed by atoms with E-state index in [1.54, 1.807) is 25.1 Å². The van der Waals surface area contributed by atoms with Crippen molar-refractivity contribution < 1.29 is 51.6 Å². The van der Waals surface area contributed by atoms with Crippen LogP contribution >= 0.6 is 0 Å². The predicted molar refractivity (Wildman–Crippen MR) is 151 cm³/mol. The average molecular weight is 616 g/mol. The van der Waals surface area contributed by atoms with Gasteiger partial charge in [-0.25, -0.2) is 0 Å². The Bertz CT molecular complexity index is 1580. The molecule has 1 aliphatic carbocycles. The monoisotopic (exact) mass is 615 g/mol. The summed E-state index contributed by atoms with van der Waals surface area (Å²) < 4.78 is 62.6. The van der Waals surface area contributed by atoms with E-state index in [9.17, 15) is 32.7 Å². The van der Waals surface area contributed by atoms with E-state index in [1.165, 1.54) is 14.2 Å². The van der Waals surface area contributed by atoms with Crippen molar-refractivity contribution in [2.24, 2.45) is 5.92 Å². The molecule has 3 aromatic rings. The number of fused-ring (bicyclic) bond motifs is 2. The highest BCUT2D eigenvalue weighted by atomic mass is 19.4. The minimum Gasteiger partial charge on any atom is -0.506 e. The van der Waals surface area contributed by atoms with Crippen LogP contribution in [0, 0.1) is 5.92 Å². The standard InChI is InChI=1S/C32H32F3NO8/c1-16-29(43-15-17-7-5-4-6-8-17)22(36-31(40)32(33,34)35)14-24(44-16)19-11-12-23(41-2)26-21(19)13-18-9-10-20(30(39)42-3)27(37)25(18)28(26)38/h4-8,11-13,16,20,22,24,29,38H,9-10,14-15H2,1-3H3,(H,36,40)/t16-,20?,22+,24-,29-/m1/s1. The number of hydrogen-bond acceptors (Lipinski definition) is 8. The van der Waals surface area contributed by atoms with E-state index < -0.39 is 54.1 Å². The lowest BCUT2D eigenvalue weighted by atomic mass is 9.79. The molecule has 1 heterocycles. The number of aryl methyl sites for hydroxylation is 1. The van der Waals surface area contributed by atoms with Crippen LogP contribution in [0.25, 0.3) is 10.8 Å². The first kappa shape index (κ1) is 31.3. The number of halogens is 3. The maximum Gasteiger partial charge on any atom is 0.471 e. The molecule has 1 amide bonds. The number of hydrogen-bond donors (Lipinski definition) is 2. The summed E-state index contributed by atoms with van der Waals surface area (Å²) in [6.07, 6.45) is -7.18. The van der Waals surface area contributed by atoms with Gasteiger partial charge in [0.15, 0.2) is 5.78 Å². The molecule has 1 saturated heterocycles. The third-order valence-electron chi connectivity index (χ3n) is 8.24. The minimum absolute atomic E-state index is 0.00257. The van der Waals surface area contributed by atoms with Gasteiger partial charge < -0.3 is 29.4 Å². The molecule has 1 aliphatic heterocycles. The van der Waals surface area contributed by atoms with Crippen molar-refractivity contribution in [3.8, 4) is 11.5 Å². The topological polar surface area (TPSA) is 120 Å². The number of alkyl halides is 3. The van der Waals surface area contributed by atoms with E-state index in [0.29, 0.717) is 22.9 Å². The molecule has 5 atom stereocenters. The Balaban J connectivity index is 1.53. The normalized spacial score (nSPS) is 23.6. The number of benzene rings is 3. The van der Waals surface area contributed by atoms with E-state index in [4.69, 9.17) is 18.9 Å². The number of amides is 1. The summed E-state index contributed by atoms with van der Waals surface area (Å²) in [5.41, 5.74) is 1.82. The molecule has 0 spiro atoms. The number of Topliss-reactive ketones (excluding diaryl/α,β-unsaturated/α-hetero) is 1. The van der Waals surface area contributed by atoms with Crippen LogP contribution < -0.4 is 10.1 Å². The van der Waals surface area contributed by atoms with Crippen molar-refractivity contribution in [3.63, 3.8) is 0 Å². The lowest BCUT2D eigenvalue weighted by molar-refractivity contribution is -0.183. The molecule has 5 rings (SSSR count). The quantitative estimate of drug-likeness (QED) is 0.283. The van der Waals surface area contributed by atoms with Crippen LogP contribution in [-0.4, -0.2) is 61.4 Å². The largest absolute Gasteiger partial charge is 0.506 e. The third-order valence-corrected chi connectivity index (χ3v) is 8.24. The Hall–Kier alpha value is -4.16. The van der Waals surface area contributed by atoms with Gasteiger partial charge in [0.25, 0.3) is 0 Å². The van der Waals surface area contributed by atoms with Gasteiger partial charge in [0.05, 0.1) is 50.0 Å². The van der Waals surface area contributed by atoms with Gasteiger partial charge in [0.1, 0.15) is 23.5 Å². The summed E-state index contributed by atoms with van der Waals surface area (Å²) >= 11 is 0. The molecule has 2 N–H and O–H groups in total. The van der Waals surface area contributed by atoms with Crippen molar-refractivity contribution >= 4 is 28.4 Å². The fraction of sp³-hybridized carbons (Fsp3) is 0.406. The van der Waals surface area contributed by atoms with Gasteiger partial charge in [0, 0.05) is 6.42 Å². The van der Waals surface area contributed by atoms with Crippen molar-refractivity contribution in [2.45, 2.75) is 63.3 Å². The Morgan fingerprint density at radius 3 is 2.50 bits per heavy atom. The van der Waals surface area contributed by atoms with Gasteiger partial charge in [-0.2, -0.15) is 13.2 Å². The lowest BCUT2D eigenvalue weighted by Gasteiger charge is -2.41. The lowest BCUT2D eigenvalue weighted by Crippen LogP contribution is -2.56. The van der Waals surface area contributed by atoms with Gasteiger partial charge in [-0.15, -0.1) is 0 Å². The summed E-state index contributed by atoms with van der Waals surface area (Å²) in [4.78, 5) is 37.6. The van der Waals surface area contributed by atoms with Crippen molar-refractivity contribution in [1.29, 1.82) is 0 Å². The molecular formula is C32H32F3NO8. The summed E-state index contributed by atoms with van der Waals surface area (Å²) in [6, 6.07) is 13.0. The molecule has 0 aromatic heterocycles. The number of methoxy groups -OCH3 is 2. The van der Waals surface area contributed by atoms with Crippen LogP contribution in [0.2, 0.25) is 0 Å². The van der Waals surface area contributed by atoms with E-state index in [0.717, 1.165) is 5.56 Å². The Morgan fingerprint density at radius 2 is 1.84 bits per heavy atom. The summed E-state index contributed by atoms with van der Waals surface area (Å²) in [5, 5.41) is 14.2. The molecule has 1 unspecified atom stereocenters. The second-order valence-corrected chi connectivity index (χ2v) is 10.9. The van der Waals surface area contributed by atoms with Gasteiger partial charge in [0.2, 0.25) is 0 Å². The number of carbonyl (C=O) groups is 3. The van der Waals surface area contributed by atoms with Gasteiger partial charge in [-0.1, -0.05) is 36.4 Å². The maximum absolute atomic E-state index is 13.3. The minimum atomic E-state index is -5.10. The van der Waals surface area contributed by atoms with E-state index >= 15 is 0 Å². The molecule has 12 heteroatoms. The number of esters is 1. The highest BCUT2D eigenvalue weighted by Gasteiger charge is 2.45.